The molecule has 1 fully saturated rings. The lowest BCUT2D eigenvalue weighted by atomic mass is 10.0. The lowest BCUT2D eigenvalue weighted by molar-refractivity contribution is -0.139. The van der Waals surface area contributed by atoms with E-state index < -0.39 is 0 Å². The Kier molecular flexibility index (Phi) is 6.11. The molecule has 1 heterocycles. The third-order valence-electron chi connectivity index (χ3n) is 2.53. The predicted octanol–water partition coefficient (Wildman–Crippen LogP) is 1.55. The smallest absolute Gasteiger partial charge is 0.335 e. The molecule has 0 saturated carbocycles. The van der Waals surface area contributed by atoms with Crippen molar-refractivity contribution >= 4 is 5.97 Å². The van der Waals surface area contributed by atoms with E-state index in [2.05, 4.69) is 6.58 Å². The fourth-order valence-corrected chi connectivity index (χ4v) is 1.55. The van der Waals surface area contributed by atoms with Crippen molar-refractivity contribution < 1.29 is 19.0 Å². The molecule has 0 amide bonds. The van der Waals surface area contributed by atoms with Crippen molar-refractivity contribution in [1.82, 2.24) is 0 Å². The zero-order chi connectivity index (χ0) is 11.8. The molecule has 0 bridgehead atoms. The van der Waals surface area contributed by atoms with Gasteiger partial charge in [0, 0.05) is 13.2 Å². The third kappa shape index (κ3) is 4.77. The largest absolute Gasteiger partial charge is 0.463 e. The molecule has 1 rings (SSSR count). The van der Waals surface area contributed by atoms with Crippen LogP contribution in [0.25, 0.3) is 0 Å². The first-order valence-electron chi connectivity index (χ1n) is 5.74. The van der Waals surface area contributed by atoms with Crippen LogP contribution in [-0.4, -0.2) is 39.0 Å². The normalized spacial score (nSPS) is 17.1. The summed E-state index contributed by atoms with van der Waals surface area (Å²) in [7, 11) is 0. The van der Waals surface area contributed by atoms with Gasteiger partial charge in [-0.1, -0.05) is 6.58 Å². The Balaban J connectivity index is 2.09. The lowest BCUT2D eigenvalue weighted by Gasteiger charge is -2.21. The molecule has 1 saturated heterocycles. The second kappa shape index (κ2) is 7.41. The van der Waals surface area contributed by atoms with E-state index in [0.717, 1.165) is 26.1 Å². The van der Waals surface area contributed by atoms with Crippen LogP contribution in [0.2, 0.25) is 0 Å². The summed E-state index contributed by atoms with van der Waals surface area (Å²) in [5.74, 6) is 0.179. The summed E-state index contributed by atoms with van der Waals surface area (Å²) in [6.07, 6.45) is 2.07. The molecule has 1 aliphatic rings. The molecule has 4 heteroatoms. The van der Waals surface area contributed by atoms with Crippen LogP contribution in [0, 0.1) is 5.92 Å². The molecule has 1 aliphatic heterocycles. The van der Waals surface area contributed by atoms with Gasteiger partial charge < -0.3 is 14.2 Å². The van der Waals surface area contributed by atoms with Crippen molar-refractivity contribution in [3.05, 3.63) is 12.2 Å². The van der Waals surface area contributed by atoms with Gasteiger partial charge in [0.15, 0.2) is 0 Å². The van der Waals surface area contributed by atoms with Gasteiger partial charge in [-0.25, -0.2) is 4.79 Å². The van der Waals surface area contributed by atoms with Gasteiger partial charge in [-0.05, 0) is 25.7 Å². The third-order valence-corrected chi connectivity index (χ3v) is 2.53. The summed E-state index contributed by atoms with van der Waals surface area (Å²) >= 11 is 0. The molecule has 0 aromatic heterocycles. The molecule has 0 atom stereocenters. The second-order valence-electron chi connectivity index (χ2n) is 3.89. The second-order valence-corrected chi connectivity index (χ2v) is 3.89. The molecule has 4 nitrogen and oxygen atoms in total. The SMILES string of the molecule is C=C(COCC1CCOCC1)C(=O)OCC. The van der Waals surface area contributed by atoms with E-state index in [0.29, 0.717) is 24.7 Å². The van der Waals surface area contributed by atoms with Crippen LogP contribution in [0.1, 0.15) is 19.8 Å². The number of carbonyl (C=O) groups excluding carboxylic acids is 1. The van der Waals surface area contributed by atoms with Gasteiger partial charge >= 0.3 is 5.97 Å². The highest BCUT2D eigenvalue weighted by Gasteiger charge is 2.14. The van der Waals surface area contributed by atoms with E-state index in [1.165, 1.54) is 0 Å². The Labute approximate surface area is 96.6 Å². The first-order valence-corrected chi connectivity index (χ1v) is 5.74. The van der Waals surface area contributed by atoms with Crippen LogP contribution >= 0.6 is 0 Å². The molecule has 0 N–H and O–H groups in total. The molecule has 0 aromatic carbocycles. The van der Waals surface area contributed by atoms with Crippen LogP contribution in [0.4, 0.5) is 0 Å². The number of ether oxygens (including phenoxy) is 3. The van der Waals surface area contributed by atoms with E-state index in [4.69, 9.17) is 14.2 Å². The van der Waals surface area contributed by atoms with Gasteiger partial charge in [-0.2, -0.15) is 0 Å². The first kappa shape index (κ1) is 13.2. The molecular formula is C12H20O4. The van der Waals surface area contributed by atoms with E-state index in [-0.39, 0.29) is 12.6 Å². The monoisotopic (exact) mass is 228 g/mol. The fourth-order valence-electron chi connectivity index (χ4n) is 1.55. The molecule has 0 unspecified atom stereocenters. The number of hydrogen-bond donors (Lipinski definition) is 0. The van der Waals surface area contributed by atoms with Gasteiger partial charge in [-0.15, -0.1) is 0 Å². The van der Waals surface area contributed by atoms with Gasteiger partial charge in [0.1, 0.15) is 0 Å². The van der Waals surface area contributed by atoms with Gasteiger partial charge in [0.2, 0.25) is 0 Å². The topological polar surface area (TPSA) is 44.8 Å². The van der Waals surface area contributed by atoms with E-state index in [1.54, 1.807) is 6.92 Å². The zero-order valence-corrected chi connectivity index (χ0v) is 9.87. The highest BCUT2D eigenvalue weighted by atomic mass is 16.5. The van der Waals surface area contributed by atoms with E-state index in [1.807, 2.05) is 0 Å². The van der Waals surface area contributed by atoms with Crippen molar-refractivity contribution in [1.29, 1.82) is 0 Å². The fraction of sp³-hybridized carbons (Fsp3) is 0.750. The molecule has 0 radical (unpaired) electrons. The predicted molar refractivity (Wildman–Crippen MR) is 60.1 cm³/mol. The summed E-state index contributed by atoms with van der Waals surface area (Å²) in [5.41, 5.74) is 0.383. The van der Waals surface area contributed by atoms with Crippen molar-refractivity contribution in [3.63, 3.8) is 0 Å². The average Bonchev–Trinajstić information content (AvgIpc) is 2.30. The summed E-state index contributed by atoms with van der Waals surface area (Å²) in [6.45, 7) is 8.33. The van der Waals surface area contributed by atoms with Crippen molar-refractivity contribution in [2.75, 3.05) is 33.0 Å². The van der Waals surface area contributed by atoms with Crippen LogP contribution in [0.3, 0.4) is 0 Å². The quantitative estimate of drug-likeness (QED) is 0.511. The minimum absolute atomic E-state index is 0.260. The Morgan fingerprint density at radius 1 is 1.44 bits per heavy atom. The summed E-state index contributed by atoms with van der Waals surface area (Å²) in [6, 6.07) is 0. The van der Waals surface area contributed by atoms with Crippen LogP contribution in [-0.2, 0) is 19.0 Å². The summed E-state index contributed by atoms with van der Waals surface area (Å²) in [5, 5.41) is 0. The summed E-state index contributed by atoms with van der Waals surface area (Å²) in [4.78, 5) is 11.2. The average molecular weight is 228 g/mol. The molecule has 16 heavy (non-hydrogen) atoms. The molecule has 0 aromatic rings. The van der Waals surface area contributed by atoms with Crippen molar-refractivity contribution in [2.24, 2.45) is 5.92 Å². The van der Waals surface area contributed by atoms with Crippen LogP contribution < -0.4 is 0 Å². The number of hydrogen-bond acceptors (Lipinski definition) is 4. The Hall–Kier alpha value is -0.870. The molecule has 92 valence electrons. The van der Waals surface area contributed by atoms with Crippen LogP contribution in [0.15, 0.2) is 12.2 Å². The van der Waals surface area contributed by atoms with E-state index >= 15 is 0 Å². The Morgan fingerprint density at radius 2 is 2.12 bits per heavy atom. The maximum atomic E-state index is 11.2. The Morgan fingerprint density at radius 3 is 2.75 bits per heavy atom. The van der Waals surface area contributed by atoms with Gasteiger partial charge in [0.25, 0.3) is 0 Å². The van der Waals surface area contributed by atoms with Crippen LogP contribution in [0.5, 0.6) is 0 Å². The number of carbonyl (C=O) groups is 1. The highest BCUT2D eigenvalue weighted by Crippen LogP contribution is 2.14. The van der Waals surface area contributed by atoms with Gasteiger partial charge in [-0.3, -0.25) is 0 Å². The van der Waals surface area contributed by atoms with E-state index in [9.17, 15) is 4.79 Å². The minimum atomic E-state index is -0.366. The zero-order valence-electron chi connectivity index (χ0n) is 9.87. The molecule has 0 spiro atoms. The van der Waals surface area contributed by atoms with Crippen molar-refractivity contribution in [2.45, 2.75) is 19.8 Å². The maximum absolute atomic E-state index is 11.2. The Bertz CT molecular complexity index is 231. The highest BCUT2D eigenvalue weighted by molar-refractivity contribution is 5.87. The van der Waals surface area contributed by atoms with Crippen molar-refractivity contribution in [3.8, 4) is 0 Å². The lowest BCUT2D eigenvalue weighted by Crippen LogP contribution is -2.21. The first-order chi connectivity index (χ1) is 7.74. The minimum Gasteiger partial charge on any atom is -0.463 e. The maximum Gasteiger partial charge on any atom is 0.335 e. The van der Waals surface area contributed by atoms with Gasteiger partial charge in [0.05, 0.1) is 25.4 Å². The standard InChI is InChI=1S/C12H20O4/c1-3-16-12(13)10(2)8-15-9-11-4-6-14-7-5-11/h11H,2-9H2,1H3. The summed E-state index contributed by atoms with van der Waals surface area (Å²) < 4.78 is 15.5. The number of esters is 1. The number of rotatable bonds is 6. The molecule has 0 aliphatic carbocycles. The molecular weight excluding hydrogens is 208 g/mol.